The molecule has 1 aromatic carbocycles. The molecule has 0 saturated heterocycles. The first kappa shape index (κ1) is 15.7. The quantitative estimate of drug-likeness (QED) is 0.629. The van der Waals surface area contributed by atoms with Crippen molar-refractivity contribution in [1.82, 2.24) is 5.43 Å². The molecule has 3 nitrogen and oxygen atoms in total. The molecule has 1 heterocycles. The number of nitrogens with one attached hydrogen (secondary N) is 1. The Morgan fingerprint density at radius 2 is 2.10 bits per heavy atom. The van der Waals surface area contributed by atoms with Crippen molar-refractivity contribution in [3.8, 4) is 0 Å². The van der Waals surface area contributed by atoms with Crippen LogP contribution in [0.2, 0.25) is 0 Å². The van der Waals surface area contributed by atoms with Gasteiger partial charge in [0.2, 0.25) is 0 Å². The third kappa shape index (κ3) is 4.40. The summed E-state index contributed by atoms with van der Waals surface area (Å²) in [5.41, 5.74) is 1.21. The fraction of sp³-hybridized carbons (Fsp3) is 0.0769. The molecular formula is C13H8BrF3N2OS. The van der Waals surface area contributed by atoms with Crippen molar-refractivity contribution in [2.24, 2.45) is 5.10 Å². The van der Waals surface area contributed by atoms with Crippen molar-refractivity contribution in [2.75, 3.05) is 0 Å². The van der Waals surface area contributed by atoms with Crippen LogP contribution in [-0.2, 0) is 6.18 Å². The molecule has 2 rings (SSSR count). The van der Waals surface area contributed by atoms with Gasteiger partial charge in [-0.3, -0.25) is 4.79 Å². The van der Waals surface area contributed by atoms with E-state index >= 15 is 0 Å². The van der Waals surface area contributed by atoms with Crippen LogP contribution in [0.4, 0.5) is 13.2 Å². The van der Waals surface area contributed by atoms with E-state index in [1.807, 2.05) is 5.38 Å². The van der Waals surface area contributed by atoms with Gasteiger partial charge in [0.1, 0.15) is 0 Å². The van der Waals surface area contributed by atoms with E-state index in [1.54, 1.807) is 6.07 Å². The van der Waals surface area contributed by atoms with Crippen LogP contribution in [0.1, 0.15) is 20.8 Å². The van der Waals surface area contributed by atoms with Crippen LogP contribution >= 0.6 is 27.3 Å². The monoisotopic (exact) mass is 376 g/mol. The summed E-state index contributed by atoms with van der Waals surface area (Å²) in [6, 6.07) is 5.96. The molecule has 1 N–H and O–H groups in total. The maximum absolute atomic E-state index is 12.5. The van der Waals surface area contributed by atoms with Gasteiger partial charge in [-0.1, -0.05) is 6.07 Å². The summed E-state index contributed by atoms with van der Waals surface area (Å²) >= 11 is 4.68. The SMILES string of the molecule is O=C(N/N=C\c1cc(Br)cs1)c1cccc(C(F)(F)F)c1. The normalized spacial score (nSPS) is 11.8. The van der Waals surface area contributed by atoms with E-state index in [0.29, 0.717) is 0 Å². The number of carbonyl (C=O) groups is 1. The lowest BCUT2D eigenvalue weighted by Crippen LogP contribution is -2.18. The summed E-state index contributed by atoms with van der Waals surface area (Å²) in [6.07, 6.45) is -3.07. The predicted molar refractivity (Wildman–Crippen MR) is 78.5 cm³/mol. The average molecular weight is 377 g/mol. The second-order valence-electron chi connectivity index (χ2n) is 3.94. The highest BCUT2D eigenvalue weighted by Crippen LogP contribution is 2.29. The van der Waals surface area contributed by atoms with Crippen molar-refractivity contribution < 1.29 is 18.0 Å². The molecule has 0 fully saturated rings. The minimum atomic E-state index is -4.48. The number of halogens is 4. The van der Waals surface area contributed by atoms with Crippen LogP contribution in [0.25, 0.3) is 0 Å². The first-order chi connectivity index (χ1) is 9.86. The molecule has 0 saturated carbocycles. The van der Waals surface area contributed by atoms with Crippen LogP contribution in [0, 0.1) is 0 Å². The minimum absolute atomic E-state index is 0.102. The third-order valence-corrected chi connectivity index (χ3v) is 4.03. The Labute approximate surface area is 130 Å². The molecule has 0 unspecified atom stereocenters. The van der Waals surface area contributed by atoms with Crippen LogP contribution in [-0.4, -0.2) is 12.1 Å². The number of hydrazone groups is 1. The number of carbonyl (C=O) groups excluding carboxylic acids is 1. The van der Waals surface area contributed by atoms with Gasteiger partial charge in [-0.2, -0.15) is 18.3 Å². The Bertz CT molecular complexity index is 682. The summed E-state index contributed by atoms with van der Waals surface area (Å²) in [6.45, 7) is 0. The standard InChI is InChI=1S/C13H8BrF3N2OS/c14-10-5-11(21-7-10)6-18-19-12(20)8-2-1-3-9(4-8)13(15,16)17/h1-7H,(H,19,20)/b18-6-. The molecule has 1 amide bonds. The Balaban J connectivity index is 2.05. The van der Waals surface area contributed by atoms with Gasteiger partial charge in [-0.15, -0.1) is 11.3 Å². The van der Waals surface area contributed by atoms with Crippen molar-refractivity contribution in [2.45, 2.75) is 6.18 Å². The second kappa shape index (κ2) is 6.40. The molecule has 2 aromatic rings. The van der Waals surface area contributed by atoms with Crippen molar-refractivity contribution in [3.63, 3.8) is 0 Å². The van der Waals surface area contributed by atoms with Gasteiger partial charge in [0, 0.05) is 20.3 Å². The lowest BCUT2D eigenvalue weighted by Gasteiger charge is -2.07. The fourth-order valence-corrected chi connectivity index (χ4v) is 2.76. The zero-order valence-corrected chi connectivity index (χ0v) is 12.7. The molecule has 0 aliphatic carbocycles. The molecular weight excluding hydrogens is 369 g/mol. The second-order valence-corrected chi connectivity index (χ2v) is 5.80. The molecule has 0 bridgehead atoms. The molecule has 8 heteroatoms. The zero-order chi connectivity index (χ0) is 15.5. The van der Waals surface area contributed by atoms with Gasteiger partial charge in [-0.25, -0.2) is 5.43 Å². The number of hydrogen-bond donors (Lipinski definition) is 1. The zero-order valence-electron chi connectivity index (χ0n) is 10.3. The van der Waals surface area contributed by atoms with Crippen LogP contribution in [0.3, 0.4) is 0 Å². The Morgan fingerprint density at radius 1 is 1.33 bits per heavy atom. The van der Waals surface area contributed by atoms with Crippen LogP contribution in [0.15, 0.2) is 45.3 Å². The van der Waals surface area contributed by atoms with Crippen molar-refractivity contribution >= 4 is 39.4 Å². The highest BCUT2D eigenvalue weighted by molar-refractivity contribution is 9.10. The summed E-state index contributed by atoms with van der Waals surface area (Å²) in [7, 11) is 0. The molecule has 0 aliphatic rings. The van der Waals surface area contributed by atoms with Crippen molar-refractivity contribution in [3.05, 3.63) is 56.2 Å². The Kier molecular flexibility index (Phi) is 4.79. The Hall–Kier alpha value is -1.67. The molecule has 21 heavy (non-hydrogen) atoms. The lowest BCUT2D eigenvalue weighted by atomic mass is 10.1. The van der Waals surface area contributed by atoms with E-state index in [-0.39, 0.29) is 5.56 Å². The van der Waals surface area contributed by atoms with Crippen LogP contribution in [0.5, 0.6) is 0 Å². The summed E-state index contributed by atoms with van der Waals surface area (Å²) in [5, 5.41) is 5.55. The van der Waals surface area contributed by atoms with E-state index in [9.17, 15) is 18.0 Å². The average Bonchev–Trinajstić information content (AvgIpc) is 2.83. The largest absolute Gasteiger partial charge is 0.416 e. The number of nitrogens with zero attached hydrogens (tertiary/aromatic N) is 1. The first-order valence-corrected chi connectivity index (χ1v) is 7.28. The predicted octanol–water partition coefficient (Wildman–Crippen LogP) is 4.29. The number of alkyl halides is 3. The number of hydrogen-bond acceptors (Lipinski definition) is 3. The van der Waals surface area contributed by atoms with Gasteiger partial charge in [0.25, 0.3) is 5.91 Å². The molecule has 0 spiro atoms. The lowest BCUT2D eigenvalue weighted by molar-refractivity contribution is -0.137. The third-order valence-electron chi connectivity index (χ3n) is 2.40. The van der Waals surface area contributed by atoms with Gasteiger partial charge in [0.05, 0.1) is 11.8 Å². The smallest absolute Gasteiger partial charge is 0.267 e. The molecule has 0 aliphatic heterocycles. The molecule has 1 aromatic heterocycles. The highest BCUT2D eigenvalue weighted by Gasteiger charge is 2.30. The summed E-state index contributed by atoms with van der Waals surface area (Å²) in [4.78, 5) is 12.5. The van der Waals surface area contributed by atoms with Crippen LogP contribution < -0.4 is 5.43 Å². The van der Waals surface area contributed by atoms with Gasteiger partial charge >= 0.3 is 6.18 Å². The van der Waals surface area contributed by atoms with Crippen molar-refractivity contribution in [1.29, 1.82) is 0 Å². The Morgan fingerprint density at radius 3 is 2.71 bits per heavy atom. The first-order valence-electron chi connectivity index (χ1n) is 5.61. The molecule has 0 radical (unpaired) electrons. The highest BCUT2D eigenvalue weighted by atomic mass is 79.9. The number of thiophene rings is 1. The number of benzene rings is 1. The van der Waals surface area contributed by atoms with E-state index in [2.05, 4.69) is 26.5 Å². The molecule has 0 atom stereocenters. The number of rotatable bonds is 3. The summed E-state index contributed by atoms with van der Waals surface area (Å²) < 4.78 is 38.5. The van der Waals surface area contributed by atoms with Gasteiger partial charge in [0.15, 0.2) is 0 Å². The van der Waals surface area contributed by atoms with E-state index in [1.165, 1.54) is 29.7 Å². The summed E-state index contributed by atoms with van der Waals surface area (Å²) in [5.74, 6) is -0.701. The minimum Gasteiger partial charge on any atom is -0.267 e. The van der Waals surface area contributed by atoms with E-state index < -0.39 is 17.6 Å². The topological polar surface area (TPSA) is 41.5 Å². The van der Waals surface area contributed by atoms with E-state index in [4.69, 9.17) is 0 Å². The number of amides is 1. The maximum Gasteiger partial charge on any atom is 0.416 e. The van der Waals surface area contributed by atoms with Gasteiger partial charge in [-0.05, 0) is 40.2 Å². The molecule has 110 valence electrons. The van der Waals surface area contributed by atoms with Gasteiger partial charge < -0.3 is 0 Å². The maximum atomic E-state index is 12.5. The van der Waals surface area contributed by atoms with E-state index in [0.717, 1.165) is 21.5 Å². The fourth-order valence-electron chi connectivity index (χ4n) is 1.45.